The van der Waals surface area contributed by atoms with E-state index in [-0.39, 0.29) is 11.1 Å². The molecule has 0 atom stereocenters. The van der Waals surface area contributed by atoms with Crippen LogP contribution in [0.15, 0.2) is 71.5 Å². The summed E-state index contributed by atoms with van der Waals surface area (Å²) in [4.78, 5) is 29.6. The van der Waals surface area contributed by atoms with Gasteiger partial charge in [-0.05, 0) is 46.5 Å². The first-order valence-corrected chi connectivity index (χ1v) is 11.7. The van der Waals surface area contributed by atoms with Crippen molar-refractivity contribution in [2.45, 2.75) is 32.7 Å². The second-order valence-electron chi connectivity index (χ2n) is 8.54. The van der Waals surface area contributed by atoms with Crippen molar-refractivity contribution in [2.24, 2.45) is 0 Å². The fraction of sp³-hybridized carbons (Fsp3) is 0.185. The number of carboxylic acid groups (broad SMARTS) is 1. The molecule has 3 aromatic carbocycles. The van der Waals surface area contributed by atoms with Gasteiger partial charge in [0, 0.05) is 12.0 Å². The molecule has 5 aromatic rings. The van der Waals surface area contributed by atoms with Crippen LogP contribution in [0.2, 0.25) is 0 Å². The summed E-state index contributed by atoms with van der Waals surface area (Å²) in [6.45, 7) is 2.43. The van der Waals surface area contributed by atoms with Gasteiger partial charge in [-0.3, -0.25) is 9.36 Å². The Labute approximate surface area is 206 Å². The number of aryl methyl sites for hydroxylation is 1. The molecule has 36 heavy (non-hydrogen) atoms. The minimum Gasteiger partial charge on any atom is -0.478 e. The molecule has 0 unspecified atom stereocenters. The van der Waals surface area contributed by atoms with Crippen LogP contribution in [0.1, 0.15) is 41.5 Å². The molecule has 0 aliphatic rings. The number of unbranched alkanes of at least 4 members (excludes halogenated alkanes) is 1. The van der Waals surface area contributed by atoms with E-state index < -0.39 is 5.97 Å². The SMILES string of the molecule is CCCCc1nc2ccc(C(=O)O)cc2c(=O)n1Cc1ccc(-c2ccccc2-c2nn[nH]n2)cc1. The van der Waals surface area contributed by atoms with Crippen molar-refractivity contribution in [2.75, 3.05) is 0 Å². The lowest BCUT2D eigenvalue weighted by Crippen LogP contribution is -2.26. The summed E-state index contributed by atoms with van der Waals surface area (Å²) in [5.74, 6) is 0.142. The topological polar surface area (TPSA) is 127 Å². The minimum absolute atomic E-state index is 0.0684. The molecule has 0 saturated heterocycles. The molecule has 0 fully saturated rings. The lowest BCUT2D eigenvalue weighted by molar-refractivity contribution is 0.0697. The van der Waals surface area contributed by atoms with Gasteiger partial charge in [0.1, 0.15) is 5.82 Å². The zero-order valence-corrected chi connectivity index (χ0v) is 19.7. The first-order valence-electron chi connectivity index (χ1n) is 11.7. The predicted octanol–water partition coefficient (Wildman–Crippen LogP) is 4.33. The number of nitrogens with one attached hydrogen (secondary N) is 1. The molecule has 2 aromatic heterocycles. The summed E-state index contributed by atoms with van der Waals surface area (Å²) in [6, 6.07) is 20.3. The molecule has 0 spiro atoms. The first-order chi connectivity index (χ1) is 17.5. The molecule has 0 amide bonds. The quantitative estimate of drug-likeness (QED) is 0.338. The normalized spacial score (nSPS) is 11.1. The van der Waals surface area contributed by atoms with Gasteiger partial charge in [0.2, 0.25) is 5.82 Å². The van der Waals surface area contributed by atoms with Crippen LogP contribution in [0.5, 0.6) is 0 Å². The van der Waals surface area contributed by atoms with Crippen LogP contribution in [0.25, 0.3) is 33.4 Å². The van der Waals surface area contributed by atoms with E-state index in [0.29, 0.717) is 35.5 Å². The van der Waals surface area contributed by atoms with Crippen molar-refractivity contribution >= 4 is 16.9 Å². The molecule has 2 N–H and O–H groups in total. The van der Waals surface area contributed by atoms with Gasteiger partial charge in [-0.15, -0.1) is 10.2 Å². The predicted molar refractivity (Wildman–Crippen MR) is 136 cm³/mol. The molecule has 0 saturated carbocycles. The number of benzene rings is 3. The second kappa shape index (κ2) is 9.91. The summed E-state index contributed by atoms with van der Waals surface area (Å²) in [7, 11) is 0. The van der Waals surface area contributed by atoms with Crippen molar-refractivity contribution in [1.29, 1.82) is 0 Å². The minimum atomic E-state index is -1.07. The van der Waals surface area contributed by atoms with Crippen molar-refractivity contribution < 1.29 is 9.90 Å². The van der Waals surface area contributed by atoms with Crippen molar-refractivity contribution in [3.8, 4) is 22.5 Å². The van der Waals surface area contributed by atoms with Gasteiger partial charge in [-0.1, -0.05) is 61.9 Å². The van der Waals surface area contributed by atoms with Crippen molar-refractivity contribution in [3.05, 3.63) is 94.0 Å². The molecule has 0 aliphatic carbocycles. The van der Waals surface area contributed by atoms with E-state index in [2.05, 4.69) is 27.5 Å². The summed E-state index contributed by atoms with van der Waals surface area (Å²) >= 11 is 0. The molecule has 180 valence electrons. The number of aromatic amines is 1. The number of carboxylic acids is 1. The number of aromatic nitrogens is 6. The van der Waals surface area contributed by atoms with Crippen LogP contribution in [-0.2, 0) is 13.0 Å². The van der Waals surface area contributed by atoms with Crippen LogP contribution in [0.3, 0.4) is 0 Å². The van der Waals surface area contributed by atoms with Crippen LogP contribution in [-0.4, -0.2) is 41.3 Å². The maximum atomic E-state index is 13.5. The third-order valence-corrected chi connectivity index (χ3v) is 6.15. The lowest BCUT2D eigenvalue weighted by atomic mass is 9.98. The van der Waals surface area contributed by atoms with E-state index in [1.165, 1.54) is 12.1 Å². The first kappa shape index (κ1) is 23.1. The number of rotatable bonds is 8. The van der Waals surface area contributed by atoms with Gasteiger partial charge in [0.25, 0.3) is 5.56 Å². The summed E-state index contributed by atoms with van der Waals surface area (Å²) in [5.41, 5.74) is 4.11. The molecule has 0 bridgehead atoms. The maximum absolute atomic E-state index is 13.5. The Morgan fingerprint density at radius 3 is 2.50 bits per heavy atom. The van der Waals surface area contributed by atoms with E-state index in [1.54, 1.807) is 10.6 Å². The second-order valence-corrected chi connectivity index (χ2v) is 8.54. The van der Waals surface area contributed by atoms with Crippen molar-refractivity contribution in [1.82, 2.24) is 30.2 Å². The number of aromatic carboxylic acids is 1. The molecule has 9 heteroatoms. The van der Waals surface area contributed by atoms with Crippen LogP contribution >= 0.6 is 0 Å². The largest absolute Gasteiger partial charge is 0.478 e. The van der Waals surface area contributed by atoms with Gasteiger partial charge in [0.15, 0.2) is 0 Å². The van der Waals surface area contributed by atoms with Crippen LogP contribution in [0.4, 0.5) is 0 Å². The number of carbonyl (C=O) groups is 1. The number of H-pyrrole nitrogens is 1. The maximum Gasteiger partial charge on any atom is 0.335 e. The number of hydrogen-bond acceptors (Lipinski definition) is 6. The Balaban J connectivity index is 1.52. The van der Waals surface area contributed by atoms with Gasteiger partial charge < -0.3 is 5.11 Å². The Hall–Kier alpha value is -4.66. The molecule has 2 heterocycles. The number of hydrogen-bond donors (Lipinski definition) is 2. The molecule has 9 nitrogen and oxygen atoms in total. The van der Waals surface area contributed by atoms with Crippen molar-refractivity contribution in [3.63, 3.8) is 0 Å². The molecule has 0 aliphatic heterocycles. The van der Waals surface area contributed by atoms with Gasteiger partial charge >= 0.3 is 5.97 Å². The summed E-state index contributed by atoms with van der Waals surface area (Å²) in [6.07, 6.45) is 2.54. The summed E-state index contributed by atoms with van der Waals surface area (Å²) < 4.78 is 1.66. The fourth-order valence-electron chi connectivity index (χ4n) is 4.27. The molecular weight excluding hydrogens is 456 g/mol. The highest BCUT2D eigenvalue weighted by atomic mass is 16.4. The number of nitrogens with zero attached hydrogens (tertiary/aromatic N) is 5. The third kappa shape index (κ3) is 4.50. The van der Waals surface area contributed by atoms with E-state index in [9.17, 15) is 14.7 Å². The average Bonchev–Trinajstić information content (AvgIpc) is 3.44. The third-order valence-electron chi connectivity index (χ3n) is 6.15. The molecular formula is C27H24N6O3. The standard InChI is InChI=1S/C27H24N6O3/c1-2-3-8-24-28-23-14-13-19(27(35)36)15-22(23)26(34)33(24)16-17-9-11-18(12-10-17)20-6-4-5-7-21(20)25-29-31-32-30-25/h4-7,9-15H,2-3,8,16H2,1H3,(H,35,36)(H,29,30,31,32). The highest BCUT2D eigenvalue weighted by molar-refractivity contribution is 5.93. The highest BCUT2D eigenvalue weighted by Gasteiger charge is 2.15. The zero-order chi connectivity index (χ0) is 25.1. The Morgan fingerprint density at radius 1 is 1.03 bits per heavy atom. The van der Waals surface area contributed by atoms with Crippen LogP contribution in [0, 0.1) is 0 Å². The van der Waals surface area contributed by atoms with Gasteiger partial charge in [0.05, 0.1) is 23.0 Å². The van der Waals surface area contributed by atoms with E-state index in [4.69, 9.17) is 4.98 Å². The average molecular weight is 481 g/mol. The number of tetrazole rings is 1. The molecule has 5 rings (SSSR count). The highest BCUT2D eigenvalue weighted by Crippen LogP contribution is 2.29. The van der Waals surface area contributed by atoms with E-state index in [0.717, 1.165) is 35.1 Å². The monoisotopic (exact) mass is 480 g/mol. The Kier molecular flexibility index (Phi) is 6.36. The lowest BCUT2D eigenvalue weighted by Gasteiger charge is -2.14. The summed E-state index contributed by atoms with van der Waals surface area (Å²) in [5, 5.41) is 24.0. The Morgan fingerprint density at radius 2 is 1.81 bits per heavy atom. The van der Waals surface area contributed by atoms with E-state index in [1.807, 2.05) is 48.5 Å². The smallest absolute Gasteiger partial charge is 0.335 e. The Bertz CT molecular complexity index is 1590. The van der Waals surface area contributed by atoms with Crippen LogP contribution < -0.4 is 5.56 Å². The van der Waals surface area contributed by atoms with Gasteiger partial charge in [-0.2, -0.15) is 5.21 Å². The number of fused-ring (bicyclic) bond motifs is 1. The van der Waals surface area contributed by atoms with E-state index >= 15 is 0 Å². The van der Waals surface area contributed by atoms with Gasteiger partial charge in [-0.25, -0.2) is 9.78 Å². The zero-order valence-electron chi connectivity index (χ0n) is 19.7. The molecule has 0 radical (unpaired) electrons. The fourth-order valence-corrected chi connectivity index (χ4v) is 4.27.